The number of anilines is 1. The fourth-order valence-corrected chi connectivity index (χ4v) is 3.54. The first-order valence-electron chi connectivity index (χ1n) is 7.66. The largest absolute Gasteiger partial charge is 0.423 e. The Morgan fingerprint density at radius 3 is 2.81 bits per heavy atom. The van der Waals surface area contributed by atoms with Gasteiger partial charge in [-0.1, -0.05) is 6.07 Å². The van der Waals surface area contributed by atoms with E-state index in [9.17, 15) is 0 Å². The second-order valence-corrected chi connectivity index (χ2v) is 6.16. The number of rotatable bonds is 3. The Balaban J connectivity index is 1.58. The molecule has 0 radical (unpaired) electrons. The maximum Gasteiger partial charge on any atom is 0.247 e. The Hall–Kier alpha value is -1.88. The van der Waals surface area contributed by atoms with Crippen LogP contribution in [0.2, 0.25) is 0 Å². The molecule has 3 aliphatic heterocycles. The van der Waals surface area contributed by atoms with Crippen molar-refractivity contribution in [1.82, 2.24) is 15.1 Å². The lowest BCUT2D eigenvalue weighted by molar-refractivity contribution is 0.0975. The van der Waals surface area contributed by atoms with Crippen LogP contribution in [0.4, 0.5) is 5.69 Å². The number of hydrogen-bond donors (Lipinski definition) is 1. The minimum absolute atomic E-state index is 0.559. The van der Waals surface area contributed by atoms with Crippen LogP contribution >= 0.6 is 0 Å². The summed E-state index contributed by atoms with van der Waals surface area (Å²) in [4.78, 5) is 2.56. The van der Waals surface area contributed by atoms with Crippen molar-refractivity contribution in [2.24, 2.45) is 5.92 Å². The molecule has 0 aliphatic carbocycles. The molecule has 5 rings (SSSR count). The minimum atomic E-state index is 0.559. The van der Waals surface area contributed by atoms with E-state index in [-0.39, 0.29) is 0 Å². The van der Waals surface area contributed by atoms with Crippen LogP contribution in [0.5, 0.6) is 0 Å². The molecule has 21 heavy (non-hydrogen) atoms. The smallest absolute Gasteiger partial charge is 0.247 e. The van der Waals surface area contributed by atoms with Gasteiger partial charge in [0.05, 0.1) is 0 Å². The van der Waals surface area contributed by atoms with Gasteiger partial charge >= 0.3 is 0 Å². The molecule has 1 atom stereocenters. The van der Waals surface area contributed by atoms with Gasteiger partial charge in [-0.3, -0.25) is 0 Å². The van der Waals surface area contributed by atoms with Gasteiger partial charge in [0.15, 0.2) is 0 Å². The van der Waals surface area contributed by atoms with Crippen LogP contribution in [0.3, 0.4) is 0 Å². The molecule has 0 amide bonds. The van der Waals surface area contributed by atoms with Crippen molar-refractivity contribution in [1.29, 1.82) is 0 Å². The number of aromatic nitrogens is 2. The molecule has 3 fully saturated rings. The summed E-state index contributed by atoms with van der Waals surface area (Å²) in [5.74, 6) is 1.38. The third-order valence-electron chi connectivity index (χ3n) is 4.84. The standard InChI is InChI=1S/C16H20N4O/c1-11-2-3-13(16-19-17-10-21-16)8-14(11)18-15-9-20-6-4-12(15)5-7-20/h2-3,8,10,12,15,18H,4-7,9H2,1H3. The second-order valence-electron chi connectivity index (χ2n) is 6.16. The fourth-order valence-electron chi connectivity index (χ4n) is 3.54. The summed E-state index contributed by atoms with van der Waals surface area (Å²) in [6, 6.07) is 6.83. The molecular weight excluding hydrogens is 264 g/mol. The molecule has 0 saturated carbocycles. The highest BCUT2D eigenvalue weighted by atomic mass is 16.4. The van der Waals surface area contributed by atoms with Crippen molar-refractivity contribution in [3.8, 4) is 11.5 Å². The number of nitrogens with one attached hydrogen (secondary N) is 1. The summed E-state index contributed by atoms with van der Waals surface area (Å²) in [6.07, 6.45) is 4.01. The van der Waals surface area contributed by atoms with Crippen molar-refractivity contribution < 1.29 is 4.42 Å². The van der Waals surface area contributed by atoms with Crippen LogP contribution in [0.15, 0.2) is 29.0 Å². The van der Waals surface area contributed by atoms with E-state index in [4.69, 9.17) is 4.42 Å². The van der Waals surface area contributed by atoms with Gasteiger partial charge in [0.25, 0.3) is 0 Å². The van der Waals surface area contributed by atoms with E-state index in [0.717, 1.165) is 18.0 Å². The normalized spacial score (nSPS) is 27.8. The third-order valence-corrected chi connectivity index (χ3v) is 4.84. The van der Waals surface area contributed by atoms with Gasteiger partial charge in [-0.2, -0.15) is 0 Å². The molecule has 3 saturated heterocycles. The van der Waals surface area contributed by atoms with Crippen LogP contribution in [-0.4, -0.2) is 40.8 Å². The molecule has 1 aromatic heterocycles. The predicted octanol–water partition coefficient (Wildman–Crippen LogP) is 2.55. The van der Waals surface area contributed by atoms with Gasteiger partial charge in [-0.05, 0) is 56.5 Å². The minimum Gasteiger partial charge on any atom is -0.423 e. The molecular formula is C16H20N4O. The van der Waals surface area contributed by atoms with Crippen LogP contribution in [-0.2, 0) is 0 Å². The molecule has 3 aliphatic rings. The van der Waals surface area contributed by atoms with Gasteiger partial charge in [-0.15, -0.1) is 10.2 Å². The van der Waals surface area contributed by atoms with E-state index in [1.54, 1.807) is 0 Å². The van der Waals surface area contributed by atoms with Gasteiger partial charge < -0.3 is 14.6 Å². The first kappa shape index (κ1) is 12.8. The molecule has 5 nitrogen and oxygen atoms in total. The Kier molecular flexibility index (Phi) is 3.15. The number of hydrogen-bond acceptors (Lipinski definition) is 5. The summed E-state index contributed by atoms with van der Waals surface area (Å²) in [5, 5.41) is 11.5. The van der Waals surface area contributed by atoms with Gasteiger partial charge in [0.2, 0.25) is 12.3 Å². The van der Waals surface area contributed by atoms with E-state index in [2.05, 4.69) is 39.5 Å². The van der Waals surface area contributed by atoms with Crippen LogP contribution < -0.4 is 5.32 Å². The SMILES string of the molecule is Cc1ccc(-c2nnco2)cc1NC1CN2CCC1CC2. The van der Waals surface area contributed by atoms with Crippen LogP contribution in [0, 0.1) is 12.8 Å². The Morgan fingerprint density at radius 2 is 2.14 bits per heavy atom. The molecule has 5 heteroatoms. The van der Waals surface area contributed by atoms with Crippen molar-refractivity contribution in [3.63, 3.8) is 0 Å². The lowest BCUT2D eigenvalue weighted by atomic mass is 9.84. The van der Waals surface area contributed by atoms with E-state index in [1.165, 1.54) is 43.6 Å². The Bertz CT molecular complexity index is 617. The zero-order valence-corrected chi connectivity index (χ0v) is 12.2. The van der Waals surface area contributed by atoms with Gasteiger partial charge in [0.1, 0.15) is 0 Å². The highest BCUT2D eigenvalue weighted by molar-refractivity contribution is 5.64. The number of benzene rings is 1. The first-order valence-corrected chi connectivity index (χ1v) is 7.66. The zero-order valence-electron chi connectivity index (χ0n) is 12.2. The quantitative estimate of drug-likeness (QED) is 0.938. The highest BCUT2D eigenvalue weighted by Gasteiger charge is 2.34. The molecule has 2 bridgehead atoms. The topological polar surface area (TPSA) is 54.2 Å². The predicted molar refractivity (Wildman–Crippen MR) is 81.0 cm³/mol. The average molecular weight is 284 g/mol. The summed E-state index contributed by atoms with van der Waals surface area (Å²) in [7, 11) is 0. The summed E-state index contributed by atoms with van der Waals surface area (Å²) < 4.78 is 5.30. The lowest BCUT2D eigenvalue weighted by Crippen LogP contribution is -2.53. The maximum atomic E-state index is 5.30. The van der Waals surface area contributed by atoms with Crippen LogP contribution in [0.25, 0.3) is 11.5 Å². The summed E-state index contributed by atoms with van der Waals surface area (Å²) in [5.41, 5.74) is 3.42. The molecule has 0 spiro atoms. The summed E-state index contributed by atoms with van der Waals surface area (Å²) in [6.45, 7) is 5.84. The van der Waals surface area contributed by atoms with Gasteiger partial charge in [-0.25, -0.2) is 0 Å². The Labute approximate surface area is 124 Å². The van der Waals surface area contributed by atoms with Crippen molar-refractivity contribution in [3.05, 3.63) is 30.2 Å². The number of fused-ring (bicyclic) bond motifs is 3. The third kappa shape index (κ3) is 2.42. The molecule has 1 aromatic carbocycles. The van der Waals surface area contributed by atoms with E-state index < -0.39 is 0 Å². The zero-order chi connectivity index (χ0) is 14.2. The van der Waals surface area contributed by atoms with Gasteiger partial charge in [0, 0.05) is 23.8 Å². The first-order chi connectivity index (χ1) is 10.3. The van der Waals surface area contributed by atoms with Crippen molar-refractivity contribution in [2.75, 3.05) is 25.0 Å². The van der Waals surface area contributed by atoms with E-state index in [0.29, 0.717) is 11.9 Å². The number of piperidine rings is 3. The molecule has 1 unspecified atom stereocenters. The number of aryl methyl sites for hydroxylation is 1. The monoisotopic (exact) mass is 284 g/mol. The van der Waals surface area contributed by atoms with E-state index >= 15 is 0 Å². The number of nitrogens with zero attached hydrogens (tertiary/aromatic N) is 3. The second kappa shape index (κ2) is 5.15. The highest BCUT2D eigenvalue weighted by Crippen LogP contribution is 2.31. The van der Waals surface area contributed by atoms with Crippen LogP contribution in [0.1, 0.15) is 18.4 Å². The fraction of sp³-hybridized carbons (Fsp3) is 0.500. The summed E-state index contributed by atoms with van der Waals surface area (Å²) >= 11 is 0. The van der Waals surface area contributed by atoms with E-state index in [1.807, 2.05) is 6.07 Å². The van der Waals surface area contributed by atoms with Crippen molar-refractivity contribution in [2.45, 2.75) is 25.8 Å². The Morgan fingerprint density at radius 1 is 1.29 bits per heavy atom. The lowest BCUT2D eigenvalue weighted by Gasteiger charge is -2.45. The molecule has 2 aromatic rings. The van der Waals surface area contributed by atoms with Crippen molar-refractivity contribution >= 4 is 5.69 Å². The molecule has 110 valence electrons. The average Bonchev–Trinajstić information content (AvgIpc) is 3.05. The maximum absolute atomic E-state index is 5.30. The molecule has 1 N–H and O–H groups in total. The molecule has 4 heterocycles.